The number of amides is 2. The van der Waals surface area contributed by atoms with E-state index in [1.54, 1.807) is 83.5 Å². The van der Waals surface area contributed by atoms with Crippen LogP contribution < -0.4 is 10.6 Å². The zero-order valence-corrected chi connectivity index (χ0v) is 37.4. The highest BCUT2D eigenvalue weighted by molar-refractivity contribution is 7.12. The zero-order valence-electron chi connectivity index (χ0n) is 32.8. The molecule has 6 heterocycles. The van der Waals surface area contributed by atoms with Crippen molar-refractivity contribution in [2.24, 2.45) is 0 Å². The van der Waals surface area contributed by atoms with Crippen molar-refractivity contribution < 1.29 is 19.8 Å². The Labute approximate surface area is 383 Å². The van der Waals surface area contributed by atoms with Crippen LogP contribution in [0, 0.1) is 13.8 Å². The molecule has 6 aromatic heterocycles. The summed E-state index contributed by atoms with van der Waals surface area (Å²) in [5.74, 6) is -1.69. The van der Waals surface area contributed by atoms with Crippen LogP contribution in [0.4, 0.5) is 0 Å². The third-order valence-corrected chi connectivity index (χ3v) is 12.1. The summed E-state index contributed by atoms with van der Waals surface area (Å²) < 4.78 is 0. The van der Waals surface area contributed by atoms with Crippen molar-refractivity contribution in [1.82, 2.24) is 41.0 Å². The van der Waals surface area contributed by atoms with Gasteiger partial charge in [-0.1, -0.05) is 46.4 Å². The first-order valence-corrected chi connectivity index (χ1v) is 21.9. The number of nitrogens with zero attached hydrogens (tertiary/aromatic N) is 6. The fourth-order valence-electron chi connectivity index (χ4n) is 6.32. The normalized spacial score (nSPS) is 11.2. The molecule has 8 aromatic rings. The van der Waals surface area contributed by atoms with E-state index in [0.29, 0.717) is 48.7 Å². The van der Waals surface area contributed by atoms with Crippen LogP contribution in [0.2, 0.25) is 20.1 Å². The molecule has 0 aliphatic carbocycles. The van der Waals surface area contributed by atoms with Crippen LogP contribution in [-0.2, 0) is 25.9 Å². The number of rotatable bonds is 11. The molecule has 0 atom stereocenters. The van der Waals surface area contributed by atoms with Crippen molar-refractivity contribution in [3.05, 3.63) is 159 Å². The fourth-order valence-corrected chi connectivity index (χ4v) is 9.13. The second-order valence-corrected chi connectivity index (χ2v) is 18.2. The minimum absolute atomic E-state index is 0.0847. The number of hydrogen-bond acceptors (Lipinski definition) is 12. The van der Waals surface area contributed by atoms with E-state index < -0.39 is 11.8 Å². The van der Waals surface area contributed by atoms with Crippen LogP contribution in [0.25, 0.3) is 34.0 Å². The number of nitrogens with one attached hydrogen (secondary N) is 2. The molecule has 0 saturated heterocycles. The number of hydrogen-bond donors (Lipinski definition) is 4. The summed E-state index contributed by atoms with van der Waals surface area (Å²) in [6.07, 6.45) is 8.14. The van der Waals surface area contributed by atoms with Crippen molar-refractivity contribution in [3.63, 3.8) is 0 Å². The van der Waals surface area contributed by atoms with E-state index in [0.717, 1.165) is 22.4 Å². The maximum absolute atomic E-state index is 12.8. The van der Waals surface area contributed by atoms with Gasteiger partial charge >= 0.3 is 0 Å². The van der Waals surface area contributed by atoms with Crippen LogP contribution in [0.15, 0.2) is 85.2 Å². The molecule has 62 heavy (non-hydrogen) atoms. The number of aromatic nitrogens is 6. The van der Waals surface area contributed by atoms with Gasteiger partial charge < -0.3 is 20.8 Å². The lowest BCUT2D eigenvalue weighted by Gasteiger charge is -2.11. The molecule has 2 amide bonds. The van der Waals surface area contributed by atoms with E-state index >= 15 is 0 Å². The Balaban J connectivity index is 0.000000186. The highest BCUT2D eigenvalue weighted by atomic mass is 35.5. The molecule has 314 valence electrons. The van der Waals surface area contributed by atoms with E-state index in [-0.39, 0.29) is 47.0 Å². The van der Waals surface area contributed by atoms with Crippen molar-refractivity contribution in [3.8, 4) is 11.5 Å². The lowest BCUT2D eigenvalue weighted by atomic mass is 10.1. The smallest absolute Gasteiger partial charge is 0.274 e. The first-order chi connectivity index (χ1) is 29.8. The summed E-state index contributed by atoms with van der Waals surface area (Å²) >= 11 is 27.4. The maximum Gasteiger partial charge on any atom is 0.274 e. The number of aryl methyl sites for hydroxylation is 4. The predicted molar refractivity (Wildman–Crippen MR) is 248 cm³/mol. The van der Waals surface area contributed by atoms with E-state index in [1.165, 1.54) is 20.8 Å². The van der Waals surface area contributed by atoms with Gasteiger partial charge in [0.05, 0.1) is 23.8 Å². The second-order valence-electron chi connectivity index (χ2n) is 13.8. The highest BCUT2D eigenvalue weighted by Gasteiger charge is 2.22. The molecule has 0 bridgehead atoms. The number of carbonyl (C=O) groups excluding carboxylic acids is 2. The average Bonchev–Trinajstić information content (AvgIpc) is 3.87. The monoisotopic (exact) mass is 942 g/mol. The van der Waals surface area contributed by atoms with Crippen LogP contribution in [0.5, 0.6) is 11.5 Å². The summed E-state index contributed by atoms with van der Waals surface area (Å²) in [6, 6.07) is 21.7. The van der Waals surface area contributed by atoms with Crippen LogP contribution in [0.3, 0.4) is 0 Å². The Bertz CT molecular complexity index is 2960. The summed E-state index contributed by atoms with van der Waals surface area (Å²) in [5.41, 5.74) is 2.88. The molecule has 0 radical (unpaired) electrons. The highest BCUT2D eigenvalue weighted by Crippen LogP contribution is 2.31. The van der Waals surface area contributed by atoms with Gasteiger partial charge in [-0.3, -0.25) is 9.59 Å². The molecule has 4 N–H and O–H groups in total. The molecule has 2 aromatic carbocycles. The van der Waals surface area contributed by atoms with Crippen LogP contribution in [-0.4, -0.2) is 52.4 Å². The SMILES string of the molecule is Cc1ccc(C=Cc2nc(C(=O)NCc3cc(Cl)cc(Cl)c3)c(O)c3nnccc23)s1.Cc1ccc(CCc2nc(C(=O)NCc3cc(Cl)cc(Cl)c3)c(O)c3nnccc23)s1. The summed E-state index contributed by atoms with van der Waals surface area (Å²) in [4.78, 5) is 39.3. The molecule has 12 nitrogen and oxygen atoms in total. The van der Waals surface area contributed by atoms with Crippen molar-refractivity contribution in [2.75, 3.05) is 0 Å². The summed E-state index contributed by atoms with van der Waals surface area (Å²) in [6.45, 7) is 4.44. The molecule has 0 spiro atoms. The van der Waals surface area contributed by atoms with Crippen LogP contribution >= 0.6 is 69.1 Å². The Kier molecular flexibility index (Phi) is 14.3. The molecule has 0 aliphatic rings. The fraction of sp³-hybridized carbons (Fsp3) is 0.136. The van der Waals surface area contributed by atoms with E-state index in [4.69, 9.17) is 46.4 Å². The molecular weight excluding hydrogens is 910 g/mol. The molecule has 8 rings (SSSR count). The quantitative estimate of drug-likeness (QED) is 0.0976. The summed E-state index contributed by atoms with van der Waals surface area (Å²) in [5, 5.41) is 45.6. The van der Waals surface area contributed by atoms with Gasteiger partial charge in [-0.15, -0.1) is 32.9 Å². The first-order valence-electron chi connectivity index (χ1n) is 18.7. The first kappa shape index (κ1) is 44.3. The number of pyridine rings is 2. The molecular formula is C44H34Cl4N8O4S2. The van der Waals surface area contributed by atoms with E-state index in [9.17, 15) is 19.8 Å². The van der Waals surface area contributed by atoms with Crippen LogP contribution in [0.1, 0.15) is 63.0 Å². The molecule has 18 heteroatoms. The number of aromatic hydroxyl groups is 2. The lowest BCUT2D eigenvalue weighted by molar-refractivity contribution is 0.0934. The molecule has 0 aliphatic heterocycles. The maximum atomic E-state index is 12.8. The van der Waals surface area contributed by atoms with E-state index in [1.807, 2.05) is 25.1 Å². The topological polar surface area (TPSA) is 176 Å². The van der Waals surface area contributed by atoms with Crippen molar-refractivity contribution >= 4 is 115 Å². The van der Waals surface area contributed by atoms with E-state index in [2.05, 4.69) is 60.1 Å². The lowest BCUT2D eigenvalue weighted by Crippen LogP contribution is -2.24. The number of thiophene rings is 2. The molecule has 0 saturated carbocycles. The van der Waals surface area contributed by atoms with Gasteiger partial charge in [0.2, 0.25) is 0 Å². The average molecular weight is 945 g/mol. The van der Waals surface area contributed by atoms with Gasteiger partial charge in [0.15, 0.2) is 22.9 Å². The Morgan fingerprint density at radius 3 is 1.68 bits per heavy atom. The van der Waals surface area contributed by atoms with Crippen molar-refractivity contribution in [1.29, 1.82) is 0 Å². The van der Waals surface area contributed by atoms with Crippen molar-refractivity contribution in [2.45, 2.75) is 39.8 Å². The van der Waals surface area contributed by atoms with Gasteiger partial charge in [0.1, 0.15) is 11.0 Å². The van der Waals surface area contributed by atoms with Gasteiger partial charge in [0, 0.05) is 63.5 Å². The van der Waals surface area contributed by atoms with Gasteiger partial charge in [0.25, 0.3) is 11.8 Å². The third-order valence-electron chi connectivity index (χ3n) is 9.16. The number of halogens is 4. The van der Waals surface area contributed by atoms with Gasteiger partial charge in [-0.05, 0) is 123 Å². The minimum Gasteiger partial charge on any atom is -0.504 e. The second kappa shape index (κ2) is 20.0. The van der Waals surface area contributed by atoms with Gasteiger partial charge in [-0.2, -0.15) is 10.2 Å². The summed E-state index contributed by atoms with van der Waals surface area (Å²) in [7, 11) is 0. The standard InChI is InChI=1S/C22H18Cl2N4O2S.C22H16Cl2N4O2S/c2*1-12-2-3-16(31-12)4-5-18-17-6-7-26-28-19(17)21(29)20(27-18)22(30)25-11-13-8-14(23)10-15(24)9-13/h2-3,6-10,29H,4-5,11H2,1H3,(H,25,30);2-10,29H,11H2,1H3,(H,25,30). The molecule has 0 fully saturated rings. The predicted octanol–water partition coefficient (Wildman–Crippen LogP) is 10.6. The zero-order chi connectivity index (χ0) is 43.9. The third kappa shape index (κ3) is 11.0. The number of benzene rings is 2. The number of fused-ring (bicyclic) bond motifs is 2. The Morgan fingerprint density at radius 1 is 0.629 bits per heavy atom. The molecule has 0 unspecified atom stereocenters. The minimum atomic E-state index is -0.553. The van der Waals surface area contributed by atoms with Gasteiger partial charge in [-0.25, -0.2) is 9.97 Å². The largest absolute Gasteiger partial charge is 0.504 e. The number of carbonyl (C=O) groups is 2. The Morgan fingerprint density at radius 2 is 1.15 bits per heavy atom. The Hall–Kier alpha value is -5.74.